The van der Waals surface area contributed by atoms with Crippen molar-refractivity contribution >= 4 is 5.91 Å². The fourth-order valence-electron chi connectivity index (χ4n) is 5.09. The van der Waals surface area contributed by atoms with Crippen LogP contribution in [-0.4, -0.2) is 45.0 Å². The molecule has 0 unspecified atom stereocenters. The standard InChI is InChI=1S/C22H23F5N4O/c23-16-5-4-14(18(19(16)24)22(25,26)27)12-6-8-30(9-7-12)21(32)20-15-10-31(13-2-1-3-13)11-17(15)28-29-20/h4-5,12-13H,1-3,6-11H2,(H,28,29). The Hall–Kier alpha value is -2.49. The van der Waals surface area contributed by atoms with Crippen LogP contribution >= 0.6 is 0 Å². The van der Waals surface area contributed by atoms with Gasteiger partial charge in [0.25, 0.3) is 5.91 Å². The lowest BCUT2D eigenvalue weighted by Crippen LogP contribution is -2.39. The van der Waals surface area contributed by atoms with Crippen molar-refractivity contribution in [3.05, 3.63) is 51.8 Å². The lowest BCUT2D eigenvalue weighted by molar-refractivity contribution is -0.141. The summed E-state index contributed by atoms with van der Waals surface area (Å²) < 4.78 is 67.6. The zero-order valence-electron chi connectivity index (χ0n) is 17.3. The Balaban J connectivity index is 1.29. The highest BCUT2D eigenvalue weighted by Crippen LogP contribution is 2.41. The fraction of sp³-hybridized carbons (Fsp3) is 0.545. The fourth-order valence-corrected chi connectivity index (χ4v) is 5.09. The molecule has 5 rings (SSSR count). The Bertz CT molecular complexity index is 1040. The van der Waals surface area contributed by atoms with E-state index in [-0.39, 0.29) is 37.4 Å². The molecule has 1 amide bonds. The van der Waals surface area contributed by atoms with E-state index in [0.717, 1.165) is 29.9 Å². The molecule has 1 saturated carbocycles. The minimum Gasteiger partial charge on any atom is -0.337 e. The monoisotopic (exact) mass is 454 g/mol. The van der Waals surface area contributed by atoms with Crippen LogP contribution in [0.1, 0.15) is 70.9 Å². The highest BCUT2D eigenvalue weighted by atomic mass is 19.4. The van der Waals surface area contributed by atoms with Gasteiger partial charge < -0.3 is 4.90 Å². The van der Waals surface area contributed by atoms with E-state index < -0.39 is 29.3 Å². The summed E-state index contributed by atoms with van der Waals surface area (Å²) in [6, 6.07) is 2.30. The third-order valence-electron chi connectivity index (χ3n) is 7.10. The maximum Gasteiger partial charge on any atom is 0.419 e. The normalized spacial score (nSPS) is 20.5. The van der Waals surface area contributed by atoms with E-state index in [1.165, 1.54) is 19.3 Å². The van der Waals surface area contributed by atoms with Gasteiger partial charge >= 0.3 is 6.18 Å². The summed E-state index contributed by atoms with van der Waals surface area (Å²) in [6.45, 7) is 1.89. The molecule has 1 aliphatic carbocycles. The number of H-pyrrole nitrogens is 1. The number of hydrogen-bond acceptors (Lipinski definition) is 3. The average Bonchev–Trinajstić information content (AvgIpc) is 3.28. The van der Waals surface area contributed by atoms with E-state index in [9.17, 15) is 26.7 Å². The average molecular weight is 454 g/mol. The van der Waals surface area contributed by atoms with Crippen molar-refractivity contribution in [1.82, 2.24) is 20.0 Å². The molecule has 32 heavy (non-hydrogen) atoms. The van der Waals surface area contributed by atoms with Crippen LogP contribution in [0.5, 0.6) is 0 Å². The molecule has 1 saturated heterocycles. The molecule has 0 bridgehead atoms. The number of fused-ring (bicyclic) bond motifs is 1. The number of carbonyl (C=O) groups is 1. The molecule has 3 heterocycles. The van der Waals surface area contributed by atoms with Gasteiger partial charge in [-0.25, -0.2) is 8.78 Å². The number of aromatic nitrogens is 2. The minimum atomic E-state index is -4.99. The highest BCUT2D eigenvalue weighted by molar-refractivity contribution is 5.94. The Morgan fingerprint density at radius 2 is 1.78 bits per heavy atom. The quantitative estimate of drug-likeness (QED) is 0.690. The Kier molecular flexibility index (Phi) is 5.22. The second-order valence-electron chi connectivity index (χ2n) is 8.91. The van der Waals surface area contributed by atoms with Crippen molar-refractivity contribution in [3.63, 3.8) is 0 Å². The van der Waals surface area contributed by atoms with Crippen LogP contribution in [0, 0.1) is 11.6 Å². The highest BCUT2D eigenvalue weighted by Gasteiger charge is 2.41. The first-order valence-corrected chi connectivity index (χ1v) is 10.9. The first-order chi connectivity index (χ1) is 15.2. The molecular weight excluding hydrogens is 431 g/mol. The Morgan fingerprint density at radius 3 is 2.41 bits per heavy atom. The van der Waals surface area contributed by atoms with Gasteiger partial charge in [0.05, 0.1) is 11.3 Å². The van der Waals surface area contributed by atoms with Gasteiger partial charge in [-0.15, -0.1) is 0 Å². The maximum absolute atomic E-state index is 14.0. The van der Waals surface area contributed by atoms with Gasteiger partial charge in [0.1, 0.15) is 0 Å². The molecule has 2 aromatic rings. The molecule has 0 radical (unpaired) electrons. The van der Waals surface area contributed by atoms with Crippen LogP contribution in [0.25, 0.3) is 0 Å². The number of alkyl halides is 3. The summed E-state index contributed by atoms with van der Waals surface area (Å²) in [5, 5.41) is 7.18. The first-order valence-electron chi connectivity index (χ1n) is 10.9. The lowest BCUT2D eigenvalue weighted by Gasteiger charge is -2.34. The summed E-state index contributed by atoms with van der Waals surface area (Å²) in [7, 11) is 0. The van der Waals surface area contributed by atoms with E-state index >= 15 is 0 Å². The number of hydrogen-bond donors (Lipinski definition) is 1. The van der Waals surface area contributed by atoms with Gasteiger partial charge in [-0.3, -0.25) is 14.8 Å². The molecule has 1 N–H and O–H groups in total. The summed E-state index contributed by atoms with van der Waals surface area (Å²) in [4.78, 5) is 17.0. The van der Waals surface area contributed by atoms with Gasteiger partial charge in [0, 0.05) is 37.8 Å². The van der Waals surface area contributed by atoms with Crippen molar-refractivity contribution in [3.8, 4) is 0 Å². The molecule has 172 valence electrons. The van der Waals surface area contributed by atoms with Gasteiger partial charge in [-0.2, -0.15) is 18.3 Å². The minimum absolute atomic E-state index is 0.230. The predicted octanol–water partition coefficient (Wildman–Crippen LogP) is 4.59. The number of amides is 1. The van der Waals surface area contributed by atoms with Crippen LogP contribution in [0.3, 0.4) is 0 Å². The number of nitrogens with one attached hydrogen (secondary N) is 1. The number of benzene rings is 1. The zero-order valence-corrected chi connectivity index (χ0v) is 17.3. The lowest BCUT2D eigenvalue weighted by atomic mass is 9.86. The first kappa shape index (κ1) is 21.4. The molecule has 5 nitrogen and oxygen atoms in total. The molecule has 2 aliphatic heterocycles. The summed E-state index contributed by atoms with van der Waals surface area (Å²) in [5.74, 6) is -4.23. The number of nitrogens with zero attached hydrogens (tertiary/aromatic N) is 3. The van der Waals surface area contributed by atoms with Crippen LogP contribution in [-0.2, 0) is 19.3 Å². The number of rotatable bonds is 3. The third-order valence-corrected chi connectivity index (χ3v) is 7.10. The Labute approximate surface area is 181 Å². The van der Waals surface area contributed by atoms with Crippen LogP contribution in [0.2, 0.25) is 0 Å². The number of likely N-dealkylation sites (tertiary alicyclic amines) is 1. The number of aromatic amines is 1. The van der Waals surface area contributed by atoms with E-state index in [1.54, 1.807) is 4.90 Å². The van der Waals surface area contributed by atoms with Crippen molar-refractivity contribution in [2.75, 3.05) is 13.1 Å². The number of carbonyl (C=O) groups excluding carboxylic acids is 1. The van der Waals surface area contributed by atoms with Crippen molar-refractivity contribution < 1.29 is 26.7 Å². The summed E-state index contributed by atoms with van der Waals surface area (Å²) >= 11 is 0. The van der Waals surface area contributed by atoms with Gasteiger partial charge in [0.15, 0.2) is 17.3 Å². The van der Waals surface area contributed by atoms with Gasteiger partial charge in [-0.1, -0.05) is 12.5 Å². The maximum atomic E-state index is 14.0. The van der Waals surface area contributed by atoms with E-state index in [1.807, 2.05) is 0 Å². The van der Waals surface area contributed by atoms with Gasteiger partial charge in [0.2, 0.25) is 0 Å². The SMILES string of the molecule is O=C(c1n[nH]c2c1CN(C1CCC1)C2)N1CCC(c2ccc(F)c(F)c2C(F)(F)F)CC1. The van der Waals surface area contributed by atoms with E-state index in [2.05, 4.69) is 15.1 Å². The summed E-state index contributed by atoms with van der Waals surface area (Å²) in [6.07, 6.45) is -0.962. The Morgan fingerprint density at radius 1 is 1.06 bits per heavy atom. The van der Waals surface area contributed by atoms with Crippen molar-refractivity contribution in [1.29, 1.82) is 0 Å². The van der Waals surface area contributed by atoms with Crippen molar-refractivity contribution in [2.45, 2.75) is 63.3 Å². The summed E-state index contributed by atoms with van der Waals surface area (Å²) in [5.41, 5.74) is 0.448. The predicted molar refractivity (Wildman–Crippen MR) is 105 cm³/mol. The van der Waals surface area contributed by atoms with Crippen LogP contribution < -0.4 is 0 Å². The number of piperidine rings is 1. The van der Waals surface area contributed by atoms with Crippen molar-refractivity contribution in [2.24, 2.45) is 0 Å². The third kappa shape index (κ3) is 3.58. The van der Waals surface area contributed by atoms with E-state index in [4.69, 9.17) is 0 Å². The van der Waals surface area contributed by atoms with Gasteiger partial charge in [-0.05, 0) is 43.2 Å². The topological polar surface area (TPSA) is 52.2 Å². The zero-order chi connectivity index (χ0) is 22.6. The molecule has 1 aromatic carbocycles. The molecule has 2 fully saturated rings. The molecule has 3 aliphatic rings. The largest absolute Gasteiger partial charge is 0.419 e. The molecular formula is C22H23F5N4O. The van der Waals surface area contributed by atoms with Crippen LogP contribution in [0.4, 0.5) is 22.0 Å². The van der Waals surface area contributed by atoms with Crippen LogP contribution in [0.15, 0.2) is 12.1 Å². The smallest absolute Gasteiger partial charge is 0.337 e. The molecule has 10 heteroatoms. The molecule has 1 aromatic heterocycles. The number of halogens is 5. The molecule has 0 spiro atoms. The second-order valence-corrected chi connectivity index (χ2v) is 8.91. The second kappa shape index (κ2) is 7.83. The molecule has 0 atom stereocenters. The van der Waals surface area contributed by atoms with E-state index in [0.29, 0.717) is 18.3 Å².